The molecule has 1 amide bonds. The first-order chi connectivity index (χ1) is 13.7. The van der Waals surface area contributed by atoms with Crippen molar-refractivity contribution in [3.63, 3.8) is 0 Å². The Morgan fingerprint density at radius 2 is 2.14 bits per heavy atom. The van der Waals surface area contributed by atoms with Crippen LogP contribution in [0.4, 0.5) is 10.5 Å². The summed E-state index contributed by atoms with van der Waals surface area (Å²) in [5.41, 5.74) is 3.40. The number of carbonyl (C=O) groups is 1. The minimum Gasteiger partial charge on any atom is -0.410 e. The van der Waals surface area contributed by atoms with E-state index in [1.807, 2.05) is 30.5 Å². The number of anilines is 1. The minimum absolute atomic E-state index is 0.425. The van der Waals surface area contributed by atoms with Crippen molar-refractivity contribution in [1.82, 2.24) is 20.4 Å². The first kappa shape index (κ1) is 18.3. The van der Waals surface area contributed by atoms with Gasteiger partial charge in [0.2, 0.25) is 0 Å². The van der Waals surface area contributed by atoms with E-state index in [0.29, 0.717) is 11.8 Å². The molecule has 1 atom stereocenters. The summed E-state index contributed by atoms with van der Waals surface area (Å²) in [6, 6.07) is 14.4. The van der Waals surface area contributed by atoms with Crippen molar-refractivity contribution < 1.29 is 9.53 Å². The summed E-state index contributed by atoms with van der Waals surface area (Å²) in [4.78, 5) is 13.7. The summed E-state index contributed by atoms with van der Waals surface area (Å²) in [5, 5.41) is 14.3. The van der Waals surface area contributed by atoms with E-state index in [1.165, 1.54) is 18.4 Å². The number of likely N-dealkylation sites (tertiary alicyclic amines) is 1. The average molecular weight is 379 g/mol. The first-order valence-electron chi connectivity index (χ1n) is 9.60. The second-order valence-corrected chi connectivity index (χ2v) is 7.17. The van der Waals surface area contributed by atoms with E-state index in [1.54, 1.807) is 7.05 Å². The van der Waals surface area contributed by atoms with Gasteiger partial charge in [0.15, 0.2) is 0 Å². The molecule has 146 valence electrons. The van der Waals surface area contributed by atoms with E-state index in [4.69, 9.17) is 4.74 Å². The van der Waals surface area contributed by atoms with Gasteiger partial charge < -0.3 is 15.4 Å². The number of hydrogen-bond donors (Lipinski definition) is 3. The van der Waals surface area contributed by atoms with Crippen LogP contribution >= 0.6 is 0 Å². The number of H-pyrrole nitrogens is 1. The summed E-state index contributed by atoms with van der Waals surface area (Å²) in [6.45, 7) is 2.98. The third-order valence-electron chi connectivity index (χ3n) is 5.06. The van der Waals surface area contributed by atoms with Gasteiger partial charge in [-0.15, -0.1) is 0 Å². The van der Waals surface area contributed by atoms with Crippen LogP contribution in [0.1, 0.15) is 18.4 Å². The molecule has 28 heavy (non-hydrogen) atoms. The van der Waals surface area contributed by atoms with Crippen molar-refractivity contribution >= 4 is 22.7 Å². The number of benzene rings is 2. The Kier molecular flexibility index (Phi) is 5.43. The topological polar surface area (TPSA) is 82.3 Å². The lowest BCUT2D eigenvalue weighted by molar-refractivity contribution is 0.202. The molecular formula is C21H25N5O2. The Balaban J connectivity index is 1.33. The molecule has 0 bridgehead atoms. The maximum Gasteiger partial charge on any atom is 0.412 e. The highest BCUT2D eigenvalue weighted by atomic mass is 16.5. The fourth-order valence-electron chi connectivity index (χ4n) is 3.66. The van der Waals surface area contributed by atoms with E-state index in [-0.39, 0.29) is 0 Å². The van der Waals surface area contributed by atoms with Crippen LogP contribution in [0.5, 0.6) is 5.75 Å². The number of amides is 1. The molecule has 2 heterocycles. The molecule has 0 aliphatic carbocycles. The van der Waals surface area contributed by atoms with E-state index in [0.717, 1.165) is 36.2 Å². The third-order valence-corrected chi connectivity index (χ3v) is 5.06. The van der Waals surface area contributed by atoms with Crippen LogP contribution in [-0.2, 0) is 6.54 Å². The molecule has 0 saturated carbocycles. The number of carbonyl (C=O) groups excluding carboxylic acids is 1. The molecule has 1 saturated heterocycles. The highest BCUT2D eigenvalue weighted by molar-refractivity contribution is 5.81. The van der Waals surface area contributed by atoms with Gasteiger partial charge in [-0.05, 0) is 55.3 Å². The quantitative estimate of drug-likeness (QED) is 0.633. The number of hydrogen-bond acceptors (Lipinski definition) is 5. The minimum atomic E-state index is -0.452. The second-order valence-electron chi connectivity index (χ2n) is 7.17. The van der Waals surface area contributed by atoms with E-state index < -0.39 is 6.09 Å². The predicted octanol–water partition coefficient (Wildman–Crippen LogP) is 3.36. The van der Waals surface area contributed by atoms with Crippen LogP contribution in [0, 0.1) is 0 Å². The Hall–Kier alpha value is -3.06. The number of nitrogens with zero attached hydrogens (tertiary/aromatic N) is 2. The molecule has 3 aromatic rings. The number of fused-ring (bicyclic) bond motifs is 1. The molecule has 1 aromatic heterocycles. The summed E-state index contributed by atoms with van der Waals surface area (Å²) < 4.78 is 5.14. The number of rotatable bonds is 5. The van der Waals surface area contributed by atoms with Crippen LogP contribution < -0.4 is 15.4 Å². The predicted molar refractivity (Wildman–Crippen MR) is 110 cm³/mol. The highest BCUT2D eigenvalue weighted by Gasteiger charge is 2.20. The lowest BCUT2D eigenvalue weighted by atomic mass is 10.0. The fraction of sp³-hybridized carbons (Fsp3) is 0.333. The number of piperidine rings is 1. The van der Waals surface area contributed by atoms with Crippen LogP contribution in [0.15, 0.2) is 48.7 Å². The van der Waals surface area contributed by atoms with E-state index in [2.05, 4.69) is 43.9 Å². The highest BCUT2D eigenvalue weighted by Crippen LogP contribution is 2.22. The van der Waals surface area contributed by atoms with Crippen molar-refractivity contribution in [3.8, 4) is 5.75 Å². The monoisotopic (exact) mass is 379 g/mol. The Labute approximate surface area is 164 Å². The van der Waals surface area contributed by atoms with Crippen molar-refractivity contribution in [2.75, 3.05) is 25.5 Å². The average Bonchev–Trinajstić information content (AvgIpc) is 3.17. The standard InChI is InChI=1S/C21H25N5O2/c1-22-21(27)28-19-7-4-15(5-8-19)13-26-10-2-3-18(14-26)24-17-6-9-20-16(11-17)12-23-25-20/h4-9,11-12,18,24H,2-3,10,13-14H2,1H3,(H,22,27)(H,23,25)/t18-/m0/s1. The molecule has 0 radical (unpaired) electrons. The van der Waals surface area contributed by atoms with Crippen LogP contribution in [-0.4, -0.2) is 47.4 Å². The molecule has 2 aromatic carbocycles. The number of ether oxygens (including phenoxy) is 1. The van der Waals surface area contributed by atoms with Gasteiger partial charge >= 0.3 is 6.09 Å². The number of nitrogens with one attached hydrogen (secondary N) is 3. The Morgan fingerprint density at radius 1 is 1.29 bits per heavy atom. The molecule has 7 nitrogen and oxygen atoms in total. The zero-order valence-corrected chi connectivity index (χ0v) is 15.9. The molecule has 4 rings (SSSR count). The van der Waals surface area contributed by atoms with Crippen molar-refractivity contribution in [2.24, 2.45) is 0 Å². The Morgan fingerprint density at radius 3 is 2.96 bits per heavy atom. The van der Waals surface area contributed by atoms with Crippen LogP contribution in [0.25, 0.3) is 10.9 Å². The number of aromatic amines is 1. The van der Waals surface area contributed by atoms with Crippen molar-refractivity contribution in [3.05, 3.63) is 54.2 Å². The van der Waals surface area contributed by atoms with Gasteiger partial charge in [0, 0.05) is 37.3 Å². The van der Waals surface area contributed by atoms with Gasteiger partial charge in [0.1, 0.15) is 5.75 Å². The zero-order chi connectivity index (χ0) is 19.3. The molecule has 1 aliphatic heterocycles. The summed E-state index contributed by atoms with van der Waals surface area (Å²) in [5.74, 6) is 0.552. The summed E-state index contributed by atoms with van der Waals surface area (Å²) in [6.07, 6.45) is 3.74. The molecule has 0 spiro atoms. The Bertz CT molecular complexity index is 937. The molecule has 3 N–H and O–H groups in total. The van der Waals surface area contributed by atoms with Gasteiger partial charge in [-0.25, -0.2) is 4.79 Å². The van der Waals surface area contributed by atoms with Gasteiger partial charge in [-0.3, -0.25) is 10.00 Å². The van der Waals surface area contributed by atoms with Crippen LogP contribution in [0.3, 0.4) is 0 Å². The lowest BCUT2D eigenvalue weighted by Crippen LogP contribution is -2.41. The van der Waals surface area contributed by atoms with E-state index in [9.17, 15) is 4.79 Å². The lowest BCUT2D eigenvalue weighted by Gasteiger charge is -2.33. The number of aromatic nitrogens is 2. The molecule has 1 fully saturated rings. The first-order valence-corrected chi connectivity index (χ1v) is 9.60. The van der Waals surface area contributed by atoms with Gasteiger partial charge in [-0.2, -0.15) is 5.10 Å². The smallest absolute Gasteiger partial charge is 0.410 e. The summed E-state index contributed by atoms with van der Waals surface area (Å²) in [7, 11) is 1.55. The van der Waals surface area contributed by atoms with Crippen LogP contribution in [0.2, 0.25) is 0 Å². The fourth-order valence-corrected chi connectivity index (χ4v) is 3.66. The largest absolute Gasteiger partial charge is 0.412 e. The van der Waals surface area contributed by atoms with Gasteiger partial charge in [0.25, 0.3) is 0 Å². The summed E-state index contributed by atoms with van der Waals surface area (Å²) >= 11 is 0. The van der Waals surface area contributed by atoms with Gasteiger partial charge in [0.05, 0.1) is 11.7 Å². The molecule has 0 unspecified atom stereocenters. The third kappa shape index (κ3) is 4.43. The zero-order valence-electron chi connectivity index (χ0n) is 15.9. The van der Waals surface area contributed by atoms with Crippen molar-refractivity contribution in [2.45, 2.75) is 25.4 Å². The normalized spacial score (nSPS) is 17.4. The molecular weight excluding hydrogens is 354 g/mol. The maximum absolute atomic E-state index is 11.3. The SMILES string of the molecule is CNC(=O)Oc1ccc(CN2CCC[C@H](Nc3ccc4[nH]ncc4c3)C2)cc1. The van der Waals surface area contributed by atoms with Gasteiger partial charge in [-0.1, -0.05) is 12.1 Å². The second kappa shape index (κ2) is 8.31. The van der Waals surface area contributed by atoms with Crippen molar-refractivity contribution in [1.29, 1.82) is 0 Å². The molecule has 7 heteroatoms. The molecule has 1 aliphatic rings. The maximum atomic E-state index is 11.3. The van der Waals surface area contributed by atoms with E-state index >= 15 is 0 Å².